The van der Waals surface area contributed by atoms with E-state index in [0.717, 1.165) is 5.75 Å². The van der Waals surface area contributed by atoms with Crippen molar-refractivity contribution in [2.45, 2.75) is 20.4 Å². The number of nitrogens with one attached hydrogen (secondary N) is 1. The Balaban J connectivity index is 0.00000264. The first-order valence-electron chi connectivity index (χ1n) is 7.27. The largest absolute Gasteiger partial charge is 0.493 e. The molecule has 6 heteroatoms. The Labute approximate surface area is 142 Å². The fourth-order valence-electron chi connectivity index (χ4n) is 1.86. The van der Waals surface area contributed by atoms with Gasteiger partial charge in [0.15, 0.2) is 0 Å². The molecular weight excluding hydrogens is 314 g/mol. The number of pyridine rings is 1. The number of carbonyl (C=O) groups is 1. The van der Waals surface area contributed by atoms with Crippen LogP contribution in [0.2, 0.25) is 0 Å². The number of hydrogen-bond acceptors (Lipinski definition) is 4. The molecule has 124 valence electrons. The fraction of sp³-hybridized carbons (Fsp3) is 0.294. The maximum Gasteiger partial charge on any atom is 0.255 e. The number of amides is 1. The zero-order valence-electron chi connectivity index (χ0n) is 13.3. The molecule has 0 aliphatic carbocycles. The third kappa shape index (κ3) is 5.88. The average Bonchev–Trinajstić information content (AvgIpc) is 2.53. The fourth-order valence-corrected chi connectivity index (χ4v) is 1.86. The molecule has 2 rings (SSSR count). The van der Waals surface area contributed by atoms with E-state index in [1.165, 1.54) is 0 Å². The zero-order chi connectivity index (χ0) is 15.9. The molecule has 2 aromatic rings. The lowest BCUT2D eigenvalue weighted by molar-refractivity contribution is 0.102. The Bertz CT molecular complexity index is 647. The lowest BCUT2D eigenvalue weighted by atomic mass is 10.2. The average molecular weight is 336 g/mol. The molecule has 1 heterocycles. The van der Waals surface area contributed by atoms with Crippen LogP contribution in [0.3, 0.4) is 0 Å². The number of aromatic nitrogens is 1. The van der Waals surface area contributed by atoms with Crippen molar-refractivity contribution < 1.29 is 9.53 Å². The molecule has 0 unspecified atom stereocenters. The zero-order valence-corrected chi connectivity index (χ0v) is 14.1. The molecule has 1 aromatic heterocycles. The molecule has 0 saturated heterocycles. The van der Waals surface area contributed by atoms with E-state index in [0.29, 0.717) is 36.0 Å². The second kappa shape index (κ2) is 9.12. The molecular formula is C17H22ClN3O2. The Kier molecular flexibility index (Phi) is 7.51. The number of ether oxygens (including phenoxy) is 1. The molecule has 1 aromatic carbocycles. The number of benzene rings is 1. The summed E-state index contributed by atoms with van der Waals surface area (Å²) in [6.45, 7) is 5.12. The van der Waals surface area contributed by atoms with Crippen molar-refractivity contribution in [2.24, 2.45) is 11.7 Å². The van der Waals surface area contributed by atoms with Gasteiger partial charge >= 0.3 is 0 Å². The molecule has 0 aliphatic rings. The van der Waals surface area contributed by atoms with E-state index >= 15 is 0 Å². The monoisotopic (exact) mass is 335 g/mol. The second-order valence-electron chi connectivity index (χ2n) is 5.43. The van der Waals surface area contributed by atoms with Crippen LogP contribution in [0.5, 0.6) is 5.75 Å². The van der Waals surface area contributed by atoms with Crippen LogP contribution in [0.25, 0.3) is 0 Å². The van der Waals surface area contributed by atoms with Crippen LogP contribution in [-0.2, 0) is 6.54 Å². The molecule has 0 fully saturated rings. The maximum atomic E-state index is 12.2. The van der Waals surface area contributed by atoms with Crippen molar-refractivity contribution in [3.8, 4) is 5.75 Å². The van der Waals surface area contributed by atoms with E-state index in [-0.39, 0.29) is 18.3 Å². The van der Waals surface area contributed by atoms with E-state index in [2.05, 4.69) is 24.1 Å². The van der Waals surface area contributed by atoms with E-state index in [1.54, 1.807) is 18.3 Å². The van der Waals surface area contributed by atoms with Crippen LogP contribution in [-0.4, -0.2) is 17.5 Å². The summed E-state index contributed by atoms with van der Waals surface area (Å²) in [4.78, 5) is 16.3. The van der Waals surface area contributed by atoms with E-state index in [1.807, 2.05) is 24.3 Å². The van der Waals surface area contributed by atoms with Crippen molar-refractivity contribution >= 4 is 24.0 Å². The lowest BCUT2D eigenvalue weighted by Gasteiger charge is -2.11. The van der Waals surface area contributed by atoms with E-state index in [4.69, 9.17) is 10.5 Å². The smallest absolute Gasteiger partial charge is 0.255 e. The number of nitrogens with zero attached hydrogens (tertiary/aromatic N) is 1. The third-order valence-electron chi connectivity index (χ3n) is 2.96. The Morgan fingerprint density at radius 3 is 2.78 bits per heavy atom. The summed E-state index contributed by atoms with van der Waals surface area (Å²) in [6, 6.07) is 10.7. The molecule has 0 saturated carbocycles. The molecule has 0 aliphatic heterocycles. The van der Waals surface area contributed by atoms with Crippen molar-refractivity contribution in [1.29, 1.82) is 0 Å². The van der Waals surface area contributed by atoms with Gasteiger partial charge in [-0.15, -0.1) is 12.4 Å². The predicted octanol–water partition coefficient (Wildman–Crippen LogP) is 3.25. The van der Waals surface area contributed by atoms with Gasteiger partial charge in [-0.05, 0) is 30.2 Å². The highest BCUT2D eigenvalue weighted by atomic mass is 35.5. The predicted molar refractivity (Wildman–Crippen MR) is 94.1 cm³/mol. The molecule has 5 nitrogen and oxygen atoms in total. The van der Waals surface area contributed by atoms with Crippen molar-refractivity contribution in [1.82, 2.24) is 4.98 Å². The molecule has 0 bridgehead atoms. The number of anilines is 1. The number of carbonyl (C=O) groups excluding carboxylic acids is 1. The van der Waals surface area contributed by atoms with Crippen LogP contribution in [0.4, 0.5) is 5.69 Å². The summed E-state index contributed by atoms with van der Waals surface area (Å²) < 4.78 is 5.65. The highest BCUT2D eigenvalue weighted by Gasteiger charge is 2.08. The van der Waals surface area contributed by atoms with Crippen LogP contribution in [0, 0.1) is 5.92 Å². The molecule has 23 heavy (non-hydrogen) atoms. The van der Waals surface area contributed by atoms with Crippen molar-refractivity contribution in [3.63, 3.8) is 0 Å². The van der Waals surface area contributed by atoms with Gasteiger partial charge in [-0.1, -0.05) is 19.9 Å². The standard InChI is InChI=1S/C17H21N3O2.ClH/c1-12(2)11-22-16-5-3-4-14(9-16)20-17(21)13-6-7-19-15(8-13)10-18;/h3-9,12H,10-11,18H2,1-2H3,(H,20,21);1H. The highest BCUT2D eigenvalue weighted by Crippen LogP contribution is 2.18. The molecule has 3 N–H and O–H groups in total. The maximum absolute atomic E-state index is 12.2. The van der Waals surface area contributed by atoms with E-state index in [9.17, 15) is 4.79 Å². The quantitative estimate of drug-likeness (QED) is 0.849. The van der Waals surface area contributed by atoms with Crippen molar-refractivity contribution in [3.05, 3.63) is 53.9 Å². The first kappa shape index (κ1) is 18.9. The Hall–Kier alpha value is -2.11. The normalized spacial score (nSPS) is 10.1. The lowest BCUT2D eigenvalue weighted by Crippen LogP contribution is -2.13. The van der Waals surface area contributed by atoms with Gasteiger partial charge in [0.2, 0.25) is 0 Å². The molecule has 0 spiro atoms. The van der Waals surface area contributed by atoms with Gasteiger partial charge in [0.05, 0.1) is 12.3 Å². The first-order chi connectivity index (χ1) is 10.6. The molecule has 1 amide bonds. The molecule has 0 radical (unpaired) electrons. The second-order valence-corrected chi connectivity index (χ2v) is 5.43. The number of rotatable bonds is 6. The van der Waals surface area contributed by atoms with Crippen LogP contribution in [0.15, 0.2) is 42.6 Å². The summed E-state index contributed by atoms with van der Waals surface area (Å²) in [5, 5.41) is 2.85. The Morgan fingerprint density at radius 2 is 2.09 bits per heavy atom. The van der Waals surface area contributed by atoms with Crippen LogP contribution in [0.1, 0.15) is 29.9 Å². The topological polar surface area (TPSA) is 77.2 Å². The number of halogens is 1. The minimum Gasteiger partial charge on any atom is -0.493 e. The highest BCUT2D eigenvalue weighted by molar-refractivity contribution is 6.04. The summed E-state index contributed by atoms with van der Waals surface area (Å²) in [7, 11) is 0. The van der Waals surface area contributed by atoms with Gasteiger partial charge in [0.1, 0.15) is 5.75 Å². The number of nitrogens with two attached hydrogens (primary N) is 1. The van der Waals surface area contributed by atoms with Crippen LogP contribution < -0.4 is 15.8 Å². The van der Waals surface area contributed by atoms with Crippen LogP contribution >= 0.6 is 12.4 Å². The van der Waals surface area contributed by atoms with Gasteiger partial charge in [-0.25, -0.2) is 0 Å². The van der Waals surface area contributed by atoms with E-state index < -0.39 is 0 Å². The van der Waals surface area contributed by atoms with Gasteiger partial charge in [-0.3, -0.25) is 9.78 Å². The SMILES string of the molecule is CC(C)COc1cccc(NC(=O)c2ccnc(CN)c2)c1.Cl. The minimum absolute atomic E-state index is 0. The van der Waals surface area contributed by atoms with Gasteiger partial charge in [-0.2, -0.15) is 0 Å². The van der Waals surface area contributed by atoms with Gasteiger partial charge in [0.25, 0.3) is 5.91 Å². The minimum atomic E-state index is -0.196. The summed E-state index contributed by atoms with van der Waals surface area (Å²) in [6.07, 6.45) is 1.58. The molecule has 0 atom stereocenters. The third-order valence-corrected chi connectivity index (χ3v) is 2.96. The number of hydrogen-bond donors (Lipinski definition) is 2. The van der Waals surface area contributed by atoms with Crippen molar-refractivity contribution in [2.75, 3.05) is 11.9 Å². The van der Waals surface area contributed by atoms with Gasteiger partial charge < -0.3 is 15.8 Å². The first-order valence-corrected chi connectivity index (χ1v) is 7.27. The summed E-state index contributed by atoms with van der Waals surface area (Å²) in [5.74, 6) is 0.992. The van der Waals surface area contributed by atoms with Gasteiger partial charge in [0, 0.05) is 30.1 Å². The summed E-state index contributed by atoms with van der Waals surface area (Å²) in [5.41, 5.74) is 7.44. The summed E-state index contributed by atoms with van der Waals surface area (Å²) >= 11 is 0. The Morgan fingerprint density at radius 1 is 1.30 bits per heavy atom.